The Balaban J connectivity index is 0.000000580. The molecule has 0 fully saturated rings. The van der Waals surface area contributed by atoms with Crippen LogP contribution in [-0.4, -0.2) is 0 Å². The van der Waals surface area contributed by atoms with Gasteiger partial charge in [0.15, 0.2) is 6.20 Å². The van der Waals surface area contributed by atoms with Gasteiger partial charge >= 0.3 is 0 Å². The number of benzene rings is 3. The molecule has 1 nitrogen and oxygen atoms in total. The molecule has 0 radical (unpaired) electrons. The summed E-state index contributed by atoms with van der Waals surface area (Å²) in [6.07, 6.45) is 10.8. The topological polar surface area (TPSA) is 3.88 Å². The molecule has 1 heterocycles. The number of hydrogen-bond acceptors (Lipinski definition) is 0. The summed E-state index contributed by atoms with van der Waals surface area (Å²) in [7, 11) is 2.12. The first-order chi connectivity index (χ1) is 18.2. The molecular formula is C36H38N+. The highest BCUT2D eigenvalue weighted by atomic mass is 14.9. The second-order valence-corrected chi connectivity index (χ2v) is 8.58. The van der Waals surface area contributed by atoms with Crippen molar-refractivity contribution in [2.24, 2.45) is 7.05 Å². The minimum atomic E-state index is 1.05. The minimum absolute atomic E-state index is 1.05. The molecule has 0 saturated heterocycles. The molecule has 4 aromatic rings. The van der Waals surface area contributed by atoms with Crippen molar-refractivity contribution >= 4 is 5.57 Å². The number of unbranched alkanes of at least 4 members (excludes halogenated alkanes) is 1. The molecular weight excluding hydrogens is 446 g/mol. The van der Waals surface area contributed by atoms with Crippen LogP contribution in [0.5, 0.6) is 0 Å². The molecule has 1 heteroatoms. The Bertz CT molecular complexity index is 1420. The zero-order chi connectivity index (χ0) is 26.5. The minimum Gasteiger partial charge on any atom is -0.200 e. The third kappa shape index (κ3) is 6.96. The van der Waals surface area contributed by atoms with Gasteiger partial charge in [0.25, 0.3) is 0 Å². The number of rotatable bonds is 5. The van der Waals surface area contributed by atoms with Crippen molar-refractivity contribution < 1.29 is 4.57 Å². The van der Waals surface area contributed by atoms with Crippen molar-refractivity contribution in [2.75, 3.05) is 0 Å². The SMILES string of the molecule is CC.CCCC.C[n+]1cc(-c2ccccc2)ccc1-c1ccccc1-c1ccccc1C1=C=C=CC=C1. The van der Waals surface area contributed by atoms with E-state index >= 15 is 0 Å². The van der Waals surface area contributed by atoms with Gasteiger partial charge < -0.3 is 0 Å². The maximum Gasteiger partial charge on any atom is 0.212 e. The predicted molar refractivity (Wildman–Crippen MR) is 160 cm³/mol. The van der Waals surface area contributed by atoms with Crippen molar-refractivity contribution in [1.29, 1.82) is 0 Å². The molecule has 0 aliphatic heterocycles. The Kier molecular flexibility index (Phi) is 10.7. The maximum atomic E-state index is 3.26. The summed E-state index contributed by atoms with van der Waals surface area (Å²) in [5, 5.41) is 0. The fraction of sp³-hybridized carbons (Fsp3) is 0.194. The van der Waals surface area contributed by atoms with E-state index in [4.69, 9.17) is 0 Å². The zero-order valence-corrected chi connectivity index (χ0v) is 22.8. The van der Waals surface area contributed by atoms with Crippen molar-refractivity contribution in [3.8, 4) is 33.5 Å². The number of aromatic nitrogens is 1. The monoisotopic (exact) mass is 484 g/mol. The van der Waals surface area contributed by atoms with E-state index in [1.54, 1.807) is 0 Å². The van der Waals surface area contributed by atoms with Crippen LogP contribution >= 0.6 is 0 Å². The average molecular weight is 485 g/mol. The summed E-state index contributed by atoms with van der Waals surface area (Å²) in [5.74, 6) is 0. The number of pyridine rings is 1. The fourth-order valence-corrected chi connectivity index (χ4v) is 4.09. The van der Waals surface area contributed by atoms with Crippen molar-refractivity contribution in [3.05, 3.63) is 132 Å². The summed E-state index contributed by atoms with van der Waals surface area (Å²) in [6.45, 7) is 8.36. The Labute approximate surface area is 223 Å². The molecule has 0 bridgehead atoms. The maximum absolute atomic E-state index is 3.26. The highest BCUT2D eigenvalue weighted by Gasteiger charge is 2.18. The Morgan fingerprint density at radius 1 is 0.622 bits per heavy atom. The third-order valence-corrected chi connectivity index (χ3v) is 6.10. The van der Waals surface area contributed by atoms with Gasteiger partial charge in [-0.05, 0) is 46.5 Å². The van der Waals surface area contributed by atoms with E-state index in [-0.39, 0.29) is 0 Å². The van der Waals surface area contributed by atoms with Crippen LogP contribution in [0.25, 0.3) is 39.1 Å². The van der Waals surface area contributed by atoms with Crippen LogP contribution in [0.15, 0.2) is 127 Å². The van der Waals surface area contributed by atoms with E-state index < -0.39 is 0 Å². The van der Waals surface area contributed by atoms with Gasteiger partial charge in [-0.25, -0.2) is 4.57 Å². The van der Waals surface area contributed by atoms with Crippen LogP contribution in [0.3, 0.4) is 0 Å². The smallest absolute Gasteiger partial charge is 0.200 e. The molecule has 5 rings (SSSR count). The lowest BCUT2D eigenvalue weighted by molar-refractivity contribution is -0.659. The molecule has 0 N–H and O–H groups in total. The van der Waals surface area contributed by atoms with Gasteiger partial charge in [-0.15, -0.1) is 0 Å². The Hall–Kier alpha value is -4.15. The first-order valence-corrected chi connectivity index (χ1v) is 13.4. The van der Waals surface area contributed by atoms with Gasteiger partial charge in [0.05, 0.1) is 5.56 Å². The number of allylic oxidation sites excluding steroid dienone is 4. The summed E-state index contributed by atoms with van der Waals surface area (Å²) in [4.78, 5) is 0. The lowest BCUT2D eigenvalue weighted by Gasteiger charge is -2.13. The van der Waals surface area contributed by atoms with Crippen molar-refractivity contribution in [1.82, 2.24) is 0 Å². The van der Waals surface area contributed by atoms with Crippen LogP contribution in [-0.2, 0) is 7.05 Å². The summed E-state index contributed by atoms with van der Waals surface area (Å²) in [6, 6.07) is 32.0. The molecule has 186 valence electrons. The van der Waals surface area contributed by atoms with Gasteiger partial charge in [-0.3, -0.25) is 0 Å². The molecule has 0 amide bonds. The Morgan fingerprint density at radius 3 is 1.76 bits per heavy atom. The van der Waals surface area contributed by atoms with Crippen LogP contribution < -0.4 is 4.57 Å². The van der Waals surface area contributed by atoms with Crippen LogP contribution in [0.1, 0.15) is 46.1 Å². The summed E-state index contributed by atoms with van der Waals surface area (Å²) < 4.78 is 2.21. The van der Waals surface area contributed by atoms with E-state index in [9.17, 15) is 0 Å². The zero-order valence-electron chi connectivity index (χ0n) is 22.8. The van der Waals surface area contributed by atoms with Crippen LogP contribution in [0.4, 0.5) is 0 Å². The highest BCUT2D eigenvalue weighted by Crippen LogP contribution is 2.36. The third-order valence-electron chi connectivity index (χ3n) is 6.10. The van der Waals surface area contributed by atoms with Crippen molar-refractivity contribution in [2.45, 2.75) is 40.5 Å². The first-order valence-electron chi connectivity index (χ1n) is 13.4. The number of hydrogen-bond donors (Lipinski definition) is 0. The first kappa shape index (κ1) is 27.4. The summed E-state index contributed by atoms with van der Waals surface area (Å²) in [5.41, 5.74) is 15.8. The van der Waals surface area contributed by atoms with Gasteiger partial charge in [0.1, 0.15) is 7.05 Å². The second kappa shape index (κ2) is 14.4. The molecule has 3 aromatic carbocycles. The van der Waals surface area contributed by atoms with Crippen molar-refractivity contribution in [3.63, 3.8) is 0 Å². The Morgan fingerprint density at radius 2 is 1.19 bits per heavy atom. The lowest BCUT2D eigenvalue weighted by Crippen LogP contribution is -2.30. The fourth-order valence-electron chi connectivity index (χ4n) is 4.09. The lowest BCUT2D eigenvalue weighted by atomic mass is 9.90. The van der Waals surface area contributed by atoms with E-state index in [2.05, 4.69) is 134 Å². The molecule has 1 aliphatic carbocycles. The van der Waals surface area contributed by atoms with Gasteiger partial charge in [0.2, 0.25) is 5.69 Å². The van der Waals surface area contributed by atoms with Crippen LogP contribution in [0, 0.1) is 0 Å². The summed E-state index contributed by atoms with van der Waals surface area (Å²) >= 11 is 0. The molecule has 1 aliphatic rings. The van der Waals surface area contributed by atoms with E-state index in [0.29, 0.717) is 0 Å². The largest absolute Gasteiger partial charge is 0.212 e. The standard InChI is InChI=1S/C30H22N.C4H10.C2H6/c1-31-22-25(23-12-4-2-5-13-23)20-21-30(31)29-19-11-10-18-28(29)27-17-9-8-16-26(27)24-14-6-3-7-15-24;1-3-4-2;1-2/h2-6,8-14,16-22H,1H3;3-4H2,1-2H3;1-2H3/q+1;;. The molecule has 1 aromatic heterocycles. The highest BCUT2D eigenvalue weighted by molar-refractivity contribution is 5.91. The van der Waals surface area contributed by atoms with Crippen LogP contribution in [0.2, 0.25) is 0 Å². The average Bonchev–Trinajstić information content (AvgIpc) is 2.99. The number of aryl methyl sites for hydroxylation is 1. The molecule has 0 unspecified atom stereocenters. The van der Waals surface area contributed by atoms with Gasteiger partial charge in [-0.1, -0.05) is 131 Å². The van der Waals surface area contributed by atoms with Gasteiger partial charge in [0, 0.05) is 17.2 Å². The number of nitrogens with zero attached hydrogens (tertiary/aromatic N) is 1. The molecule has 0 saturated carbocycles. The van der Waals surface area contributed by atoms with Gasteiger partial charge in [-0.2, -0.15) is 0 Å². The molecule has 0 spiro atoms. The predicted octanol–water partition coefficient (Wildman–Crippen LogP) is 9.61. The van der Waals surface area contributed by atoms with E-state index in [1.807, 2.05) is 32.1 Å². The van der Waals surface area contributed by atoms with E-state index in [0.717, 1.165) is 11.1 Å². The molecule has 0 atom stereocenters. The molecule has 37 heavy (non-hydrogen) atoms. The second-order valence-electron chi connectivity index (χ2n) is 8.58. The van der Waals surface area contributed by atoms with E-state index in [1.165, 1.54) is 46.4 Å². The normalized spacial score (nSPS) is 11.1. The quantitative estimate of drug-likeness (QED) is 0.196.